The van der Waals surface area contributed by atoms with Crippen molar-refractivity contribution >= 4 is 23.8 Å². The topological polar surface area (TPSA) is 181 Å². The third kappa shape index (κ3) is 7.56. The van der Waals surface area contributed by atoms with Crippen LogP contribution in [-0.2, 0) is 49.4 Å². The summed E-state index contributed by atoms with van der Waals surface area (Å²) in [6, 6.07) is -0.867. The van der Waals surface area contributed by atoms with Crippen LogP contribution in [0.25, 0.3) is 0 Å². The number of likely N-dealkylation sites (tertiary alicyclic amines) is 1. The summed E-state index contributed by atoms with van der Waals surface area (Å²) in [5.74, 6) is 0.178. The Hall–Kier alpha value is -3.66. The van der Waals surface area contributed by atoms with Crippen LogP contribution in [-0.4, -0.2) is 110 Å². The molecule has 1 aromatic heterocycles. The summed E-state index contributed by atoms with van der Waals surface area (Å²) in [7, 11) is 0. The summed E-state index contributed by atoms with van der Waals surface area (Å²) in [6.07, 6.45) is 7.79. The molecule has 59 heavy (non-hydrogen) atoms. The van der Waals surface area contributed by atoms with Gasteiger partial charge in [0, 0.05) is 52.7 Å². The van der Waals surface area contributed by atoms with Gasteiger partial charge in [-0.3, -0.25) is 24.1 Å². The minimum atomic E-state index is -1.20. The van der Waals surface area contributed by atoms with Gasteiger partial charge in [0.1, 0.15) is 18.8 Å². The van der Waals surface area contributed by atoms with Crippen molar-refractivity contribution in [3.8, 4) is 0 Å². The van der Waals surface area contributed by atoms with Gasteiger partial charge >= 0.3 is 17.9 Å². The molecule has 5 fully saturated rings. The number of amides is 1. The van der Waals surface area contributed by atoms with E-state index in [0.29, 0.717) is 35.9 Å². The minimum Gasteiger partial charge on any atom is -0.463 e. The Bertz CT molecular complexity index is 1900. The summed E-state index contributed by atoms with van der Waals surface area (Å²) in [4.78, 5) is 51.6. The largest absolute Gasteiger partial charge is 0.463 e. The van der Waals surface area contributed by atoms with E-state index >= 15 is 0 Å². The molecule has 1 aromatic rings. The molecule has 15 nitrogen and oxygen atoms in total. The highest BCUT2D eigenvalue weighted by Crippen LogP contribution is 2.65. The van der Waals surface area contributed by atoms with Crippen LogP contribution in [0, 0.1) is 35.0 Å². The van der Waals surface area contributed by atoms with Crippen molar-refractivity contribution in [1.29, 1.82) is 0 Å². The Morgan fingerprint density at radius 1 is 1.02 bits per heavy atom. The standard InChI is InChI=1S/C44H63N5O10/c1-22-15-36-39(24(3)44(59-36)14-12-32-33-10-9-29-16-31(54)11-13-43(29,8)35(33)17-34(32)23(44)2)48(18-22)19-30-20-49(47-46-30)42-38(45-25(4)50)41(57-28(7)53)40(56-27(6)52)37(58-42)21-55-26(5)51/h9,20,22,24,31-33,35-42,54H,10-19,21H2,1-8H3,(H,45,50)/t22-,24+,31-,32-,33-,35-,36+,37?,38?,39-,40-,41?,42+,43-,44-/m0/s1. The molecule has 8 rings (SSSR count). The van der Waals surface area contributed by atoms with Crippen molar-refractivity contribution in [2.75, 3.05) is 13.2 Å². The number of aliphatic hydroxyl groups excluding tert-OH is 1. The lowest BCUT2D eigenvalue weighted by Gasteiger charge is -2.49. The fourth-order valence-electron chi connectivity index (χ4n) is 12.9. The monoisotopic (exact) mass is 821 g/mol. The highest BCUT2D eigenvalue weighted by molar-refractivity contribution is 5.73. The van der Waals surface area contributed by atoms with E-state index in [0.717, 1.165) is 57.9 Å². The molecule has 3 aliphatic heterocycles. The molecule has 1 spiro atoms. The Balaban J connectivity index is 1.05. The quantitative estimate of drug-likeness (QED) is 0.215. The van der Waals surface area contributed by atoms with Gasteiger partial charge in [0.05, 0.1) is 29.7 Å². The molecule has 2 N–H and O–H groups in total. The number of aromatic nitrogens is 3. The number of ether oxygens (including phenoxy) is 5. The number of hydrogen-bond donors (Lipinski definition) is 2. The number of nitrogens with zero attached hydrogens (tertiary/aromatic N) is 4. The van der Waals surface area contributed by atoms with Crippen LogP contribution in [0.5, 0.6) is 0 Å². The maximum Gasteiger partial charge on any atom is 0.303 e. The van der Waals surface area contributed by atoms with Gasteiger partial charge in [-0.15, -0.1) is 5.10 Å². The number of allylic oxidation sites excluding steroid dienone is 2. The molecule has 4 heterocycles. The summed E-state index contributed by atoms with van der Waals surface area (Å²) in [5, 5.41) is 22.4. The van der Waals surface area contributed by atoms with E-state index in [2.05, 4.69) is 54.3 Å². The molecule has 324 valence electrons. The first-order chi connectivity index (χ1) is 28.0. The number of rotatable bonds is 8. The van der Waals surface area contributed by atoms with Gasteiger partial charge in [-0.05, 0) is 93.0 Å². The van der Waals surface area contributed by atoms with Crippen LogP contribution >= 0.6 is 0 Å². The third-order valence-electron chi connectivity index (χ3n) is 15.4. The van der Waals surface area contributed by atoms with Crippen LogP contribution in [0.2, 0.25) is 0 Å². The van der Waals surface area contributed by atoms with Gasteiger partial charge < -0.3 is 34.1 Å². The van der Waals surface area contributed by atoms with E-state index < -0.39 is 54.4 Å². The van der Waals surface area contributed by atoms with Crippen LogP contribution in [0.4, 0.5) is 0 Å². The normalized spacial score (nSPS) is 41.6. The number of carbonyl (C=O) groups is 4. The van der Waals surface area contributed by atoms with E-state index in [9.17, 15) is 24.3 Å². The molecule has 3 unspecified atom stereocenters. The van der Waals surface area contributed by atoms with Crippen molar-refractivity contribution < 1.29 is 48.0 Å². The number of esters is 3. The summed E-state index contributed by atoms with van der Waals surface area (Å²) in [6.45, 7) is 15.6. The van der Waals surface area contributed by atoms with Gasteiger partial charge in [-0.1, -0.05) is 43.2 Å². The fourth-order valence-corrected chi connectivity index (χ4v) is 12.9. The van der Waals surface area contributed by atoms with Gasteiger partial charge in [0.15, 0.2) is 18.4 Å². The van der Waals surface area contributed by atoms with Gasteiger partial charge in [-0.2, -0.15) is 0 Å². The first kappa shape index (κ1) is 42.0. The number of hydrogen-bond acceptors (Lipinski definition) is 13. The Labute approximate surface area is 346 Å². The zero-order chi connectivity index (χ0) is 42.1. The van der Waals surface area contributed by atoms with Crippen molar-refractivity contribution in [3.63, 3.8) is 0 Å². The summed E-state index contributed by atoms with van der Waals surface area (Å²) < 4.78 is 31.9. The third-order valence-corrected chi connectivity index (χ3v) is 15.4. The second-order valence-corrected chi connectivity index (χ2v) is 19.1. The molecular weight excluding hydrogens is 759 g/mol. The first-order valence-electron chi connectivity index (χ1n) is 21.8. The lowest BCUT2D eigenvalue weighted by molar-refractivity contribution is -0.239. The number of aliphatic hydroxyl groups is 1. The van der Waals surface area contributed by atoms with Crippen LogP contribution in [0.1, 0.15) is 119 Å². The molecular formula is C44H63N5O10. The van der Waals surface area contributed by atoms with Crippen molar-refractivity contribution in [1.82, 2.24) is 25.2 Å². The smallest absolute Gasteiger partial charge is 0.303 e. The molecule has 2 saturated carbocycles. The predicted octanol–water partition coefficient (Wildman–Crippen LogP) is 4.33. The van der Waals surface area contributed by atoms with Gasteiger partial charge in [-0.25, -0.2) is 4.68 Å². The minimum absolute atomic E-state index is 0.0701. The second-order valence-electron chi connectivity index (χ2n) is 19.1. The Kier molecular flexibility index (Phi) is 11.4. The second kappa shape index (κ2) is 16.0. The number of fused-ring (bicyclic) bond motifs is 6. The molecule has 4 aliphatic carbocycles. The maximum absolute atomic E-state index is 12.6. The highest BCUT2D eigenvalue weighted by atomic mass is 16.6. The molecule has 3 saturated heterocycles. The van der Waals surface area contributed by atoms with Crippen molar-refractivity contribution in [2.24, 2.45) is 35.0 Å². The van der Waals surface area contributed by atoms with Gasteiger partial charge in [0.2, 0.25) is 5.91 Å². The lowest BCUT2D eigenvalue weighted by Crippen LogP contribution is -2.64. The maximum atomic E-state index is 12.6. The average Bonchev–Trinajstić information content (AvgIpc) is 3.86. The Morgan fingerprint density at radius 2 is 1.76 bits per heavy atom. The van der Waals surface area contributed by atoms with E-state index in [-0.39, 0.29) is 41.8 Å². The van der Waals surface area contributed by atoms with Crippen LogP contribution < -0.4 is 5.32 Å². The van der Waals surface area contributed by atoms with Crippen LogP contribution in [0.3, 0.4) is 0 Å². The summed E-state index contributed by atoms with van der Waals surface area (Å²) in [5.41, 5.74) is 5.11. The molecule has 0 aromatic carbocycles. The highest BCUT2D eigenvalue weighted by Gasteiger charge is 2.62. The number of carbonyl (C=O) groups excluding carboxylic acids is 4. The zero-order valence-electron chi connectivity index (χ0n) is 35.8. The molecule has 1 amide bonds. The summed E-state index contributed by atoms with van der Waals surface area (Å²) >= 11 is 0. The average molecular weight is 822 g/mol. The fraction of sp³-hybridized carbons (Fsp3) is 0.773. The number of piperidine rings is 1. The van der Waals surface area contributed by atoms with E-state index in [1.807, 2.05) is 0 Å². The molecule has 0 bridgehead atoms. The van der Waals surface area contributed by atoms with Gasteiger partial charge in [0.25, 0.3) is 0 Å². The lowest BCUT2D eigenvalue weighted by atomic mass is 9.56. The predicted molar refractivity (Wildman–Crippen MR) is 212 cm³/mol. The SMILES string of the molecule is CC(=O)NC1C(OC(C)=O)[C@@H](OC(C)=O)C(COC(C)=O)O[C@H]1n1cc(CN2C[C@@H](C)C[C@H]3O[C@]4(CC[C@@H]5C(=C4C)C[C@H]4[C@H]5CC=C5C[C@@H](O)CC[C@@]54C)[C@H](C)[C@@H]32)nn1. The van der Waals surface area contributed by atoms with Crippen molar-refractivity contribution in [2.45, 2.75) is 168 Å². The van der Waals surface area contributed by atoms with E-state index in [4.69, 9.17) is 23.7 Å². The first-order valence-corrected chi connectivity index (χ1v) is 21.8. The Morgan fingerprint density at radius 3 is 2.47 bits per heavy atom. The van der Waals surface area contributed by atoms with E-state index in [1.165, 1.54) is 43.5 Å². The molecule has 15 atom stereocenters. The molecule has 15 heteroatoms. The van der Waals surface area contributed by atoms with Crippen molar-refractivity contribution in [3.05, 3.63) is 34.7 Å². The zero-order valence-corrected chi connectivity index (χ0v) is 35.8. The molecule has 0 radical (unpaired) electrons. The molecule has 7 aliphatic rings. The number of nitrogens with one attached hydrogen (secondary N) is 1. The van der Waals surface area contributed by atoms with E-state index in [1.54, 1.807) is 11.8 Å². The van der Waals surface area contributed by atoms with Crippen LogP contribution in [0.15, 0.2) is 29.0 Å².